The highest BCUT2D eigenvalue weighted by molar-refractivity contribution is 7.99. The molecule has 0 bridgehead atoms. The van der Waals surface area contributed by atoms with E-state index in [1.165, 1.54) is 56.7 Å². The molecule has 8 heteroatoms. The Kier molecular flexibility index (Phi) is 11.3. The molecule has 5 nitrogen and oxygen atoms in total. The molecular formula is C19H37Cl2N3O2S. The fourth-order valence-electron chi connectivity index (χ4n) is 4.90. The highest BCUT2D eigenvalue weighted by Gasteiger charge is 2.43. The van der Waals surface area contributed by atoms with Crippen LogP contribution in [0.4, 0.5) is 0 Å². The quantitative estimate of drug-likeness (QED) is 0.663. The Balaban J connectivity index is 0.00000182. The number of hydrogen-bond acceptors (Lipinski definition) is 5. The molecule has 2 saturated heterocycles. The van der Waals surface area contributed by atoms with Crippen LogP contribution in [-0.4, -0.2) is 74.3 Å². The van der Waals surface area contributed by atoms with Gasteiger partial charge in [0.15, 0.2) is 0 Å². The van der Waals surface area contributed by atoms with Gasteiger partial charge in [0.25, 0.3) is 0 Å². The first-order valence-corrected chi connectivity index (χ1v) is 11.2. The summed E-state index contributed by atoms with van der Waals surface area (Å²) in [5, 5.41) is 6.76. The molecule has 0 radical (unpaired) electrons. The molecule has 27 heavy (non-hydrogen) atoms. The van der Waals surface area contributed by atoms with Gasteiger partial charge in [-0.15, -0.1) is 24.8 Å². The van der Waals surface area contributed by atoms with Gasteiger partial charge in [0.1, 0.15) is 0 Å². The Bertz CT molecular complexity index is 433. The van der Waals surface area contributed by atoms with Crippen LogP contribution in [0.25, 0.3) is 0 Å². The molecule has 2 aliphatic heterocycles. The number of amides is 1. The molecule has 1 aliphatic carbocycles. The third-order valence-corrected chi connectivity index (χ3v) is 7.45. The predicted octanol–water partition coefficient (Wildman–Crippen LogP) is 2.71. The Morgan fingerprint density at radius 3 is 2.30 bits per heavy atom. The fraction of sp³-hybridized carbons (Fsp3) is 0.947. The van der Waals surface area contributed by atoms with Gasteiger partial charge in [-0.3, -0.25) is 9.69 Å². The lowest BCUT2D eigenvalue weighted by molar-refractivity contribution is -0.137. The largest absolute Gasteiger partial charge is 0.384 e. The third-order valence-electron chi connectivity index (χ3n) is 6.51. The maximum Gasteiger partial charge on any atom is 0.228 e. The van der Waals surface area contributed by atoms with Crippen LogP contribution in [0.3, 0.4) is 0 Å². The van der Waals surface area contributed by atoms with E-state index < -0.39 is 0 Å². The van der Waals surface area contributed by atoms with Gasteiger partial charge in [0.05, 0.1) is 12.0 Å². The Hall–Kier alpha value is 0.280. The minimum Gasteiger partial charge on any atom is -0.384 e. The zero-order valence-electron chi connectivity index (χ0n) is 16.6. The molecule has 3 rings (SSSR count). The second-order valence-corrected chi connectivity index (χ2v) is 9.26. The lowest BCUT2D eigenvalue weighted by Crippen LogP contribution is -2.60. The van der Waals surface area contributed by atoms with Gasteiger partial charge < -0.3 is 15.4 Å². The number of rotatable bonds is 6. The standard InChI is InChI=1S/C19H35N3O2S.2ClH/c1-24-16-18(7-9-20-10-8-18)17(23)21-15-19(5-3-2-4-6-19)22-11-13-25-14-12-22;;/h20H,2-16H2,1H3,(H,21,23);2*1H. The summed E-state index contributed by atoms with van der Waals surface area (Å²) >= 11 is 2.06. The normalized spacial score (nSPS) is 24.9. The van der Waals surface area contributed by atoms with Crippen molar-refractivity contribution < 1.29 is 9.53 Å². The number of halogens is 2. The first-order chi connectivity index (χ1) is 12.2. The van der Waals surface area contributed by atoms with Crippen LogP contribution in [0.1, 0.15) is 44.9 Å². The van der Waals surface area contributed by atoms with Crippen molar-refractivity contribution >= 4 is 42.5 Å². The number of nitrogens with zero attached hydrogens (tertiary/aromatic N) is 1. The number of ether oxygens (including phenoxy) is 1. The number of methoxy groups -OCH3 is 1. The van der Waals surface area contributed by atoms with Crippen molar-refractivity contribution in [1.82, 2.24) is 15.5 Å². The summed E-state index contributed by atoms with van der Waals surface area (Å²) < 4.78 is 5.44. The molecule has 3 aliphatic rings. The summed E-state index contributed by atoms with van der Waals surface area (Å²) in [5.41, 5.74) is -0.149. The highest BCUT2D eigenvalue weighted by atomic mass is 35.5. The van der Waals surface area contributed by atoms with Crippen molar-refractivity contribution in [2.24, 2.45) is 5.41 Å². The maximum absolute atomic E-state index is 13.1. The second kappa shape index (κ2) is 12.1. The van der Waals surface area contributed by atoms with Crippen LogP contribution in [0.5, 0.6) is 0 Å². The number of thioether (sulfide) groups is 1. The molecule has 0 aromatic carbocycles. The van der Waals surface area contributed by atoms with Crippen molar-refractivity contribution in [1.29, 1.82) is 0 Å². The van der Waals surface area contributed by atoms with Crippen molar-refractivity contribution in [3.8, 4) is 0 Å². The third kappa shape index (κ3) is 6.13. The smallest absolute Gasteiger partial charge is 0.228 e. The maximum atomic E-state index is 13.1. The van der Waals surface area contributed by atoms with E-state index in [4.69, 9.17) is 4.74 Å². The van der Waals surface area contributed by atoms with Crippen LogP contribution in [0, 0.1) is 5.41 Å². The van der Waals surface area contributed by atoms with Gasteiger partial charge in [-0.05, 0) is 38.8 Å². The summed E-state index contributed by atoms with van der Waals surface area (Å²) in [5.74, 6) is 2.68. The summed E-state index contributed by atoms with van der Waals surface area (Å²) in [6.07, 6.45) is 8.16. The van der Waals surface area contributed by atoms with Gasteiger partial charge >= 0.3 is 0 Å². The molecule has 0 aromatic rings. The van der Waals surface area contributed by atoms with Crippen LogP contribution >= 0.6 is 36.6 Å². The van der Waals surface area contributed by atoms with Crippen molar-refractivity contribution in [3.05, 3.63) is 0 Å². The number of carbonyl (C=O) groups excluding carboxylic acids is 1. The zero-order chi connectivity index (χ0) is 17.6. The van der Waals surface area contributed by atoms with Crippen molar-refractivity contribution in [2.75, 3.05) is 57.9 Å². The van der Waals surface area contributed by atoms with Crippen molar-refractivity contribution in [3.63, 3.8) is 0 Å². The van der Waals surface area contributed by atoms with Crippen molar-refractivity contribution in [2.45, 2.75) is 50.5 Å². The van der Waals surface area contributed by atoms with Crippen LogP contribution in [-0.2, 0) is 9.53 Å². The SMILES string of the molecule is COCC1(C(=O)NCC2(N3CCSCC3)CCCCC2)CCNCC1.Cl.Cl. The van der Waals surface area contributed by atoms with E-state index in [0.29, 0.717) is 6.61 Å². The van der Waals surface area contributed by atoms with Gasteiger partial charge in [0, 0.05) is 43.8 Å². The van der Waals surface area contributed by atoms with E-state index in [9.17, 15) is 4.79 Å². The summed E-state index contributed by atoms with van der Waals surface area (Å²) in [6.45, 7) is 5.52. The zero-order valence-corrected chi connectivity index (χ0v) is 19.0. The first-order valence-electron chi connectivity index (χ1n) is 10.0. The molecule has 0 atom stereocenters. The fourth-order valence-corrected chi connectivity index (χ4v) is 5.81. The van der Waals surface area contributed by atoms with Gasteiger partial charge in [-0.25, -0.2) is 0 Å². The highest BCUT2D eigenvalue weighted by Crippen LogP contribution is 2.36. The van der Waals surface area contributed by atoms with Crippen LogP contribution in [0.2, 0.25) is 0 Å². The molecule has 0 spiro atoms. The van der Waals surface area contributed by atoms with Crippen LogP contribution < -0.4 is 10.6 Å². The van der Waals surface area contributed by atoms with Crippen LogP contribution in [0.15, 0.2) is 0 Å². The van der Waals surface area contributed by atoms with Gasteiger partial charge in [-0.2, -0.15) is 11.8 Å². The number of nitrogens with one attached hydrogen (secondary N) is 2. The van der Waals surface area contributed by atoms with E-state index in [2.05, 4.69) is 27.3 Å². The summed E-state index contributed by atoms with van der Waals surface area (Å²) in [6, 6.07) is 0. The van der Waals surface area contributed by atoms with E-state index in [1.54, 1.807) is 7.11 Å². The van der Waals surface area contributed by atoms with Gasteiger partial charge in [-0.1, -0.05) is 19.3 Å². The van der Waals surface area contributed by atoms with E-state index in [-0.39, 0.29) is 41.7 Å². The number of carbonyl (C=O) groups is 1. The molecule has 0 aromatic heterocycles. The Morgan fingerprint density at radius 1 is 1.07 bits per heavy atom. The second-order valence-electron chi connectivity index (χ2n) is 8.03. The average molecular weight is 442 g/mol. The van der Waals surface area contributed by atoms with E-state index in [0.717, 1.165) is 32.5 Å². The summed E-state index contributed by atoms with van der Waals surface area (Å²) in [7, 11) is 1.71. The average Bonchev–Trinajstić information content (AvgIpc) is 2.68. The lowest BCUT2D eigenvalue weighted by atomic mass is 9.77. The molecule has 1 saturated carbocycles. The monoisotopic (exact) mass is 441 g/mol. The van der Waals surface area contributed by atoms with E-state index in [1.807, 2.05) is 0 Å². The first kappa shape index (κ1) is 25.3. The molecular weight excluding hydrogens is 405 g/mol. The summed E-state index contributed by atoms with van der Waals surface area (Å²) in [4.78, 5) is 15.8. The minimum atomic E-state index is -0.340. The molecule has 160 valence electrons. The van der Waals surface area contributed by atoms with Gasteiger partial charge in [0.2, 0.25) is 5.91 Å². The molecule has 0 unspecified atom stereocenters. The lowest BCUT2D eigenvalue weighted by Gasteiger charge is -2.48. The topological polar surface area (TPSA) is 53.6 Å². The Labute approximate surface area is 181 Å². The number of piperidine rings is 1. The predicted molar refractivity (Wildman–Crippen MR) is 119 cm³/mol. The number of hydrogen-bond donors (Lipinski definition) is 2. The molecule has 2 N–H and O–H groups in total. The van der Waals surface area contributed by atoms with E-state index >= 15 is 0 Å². The molecule has 3 fully saturated rings. The molecule has 1 amide bonds. The Morgan fingerprint density at radius 2 is 1.70 bits per heavy atom. The minimum absolute atomic E-state index is 0. The molecule has 2 heterocycles.